The number of carbonyl (C=O) groups excluding carboxylic acids is 1. The van der Waals surface area contributed by atoms with Crippen molar-refractivity contribution in [1.29, 1.82) is 0 Å². The van der Waals surface area contributed by atoms with Crippen LogP contribution in [0.2, 0.25) is 10.3 Å². The standard InChI is InChI=1S/C10H12Cl2N2O4/c11-7-2-1-6(8(12)13-7)9(18)14-10(3-15,4-16)5-17/h1-2,15-17H,3-5H2,(H,14,18). The van der Waals surface area contributed by atoms with Crippen LogP contribution < -0.4 is 5.32 Å². The van der Waals surface area contributed by atoms with E-state index < -0.39 is 31.3 Å². The molecule has 0 radical (unpaired) electrons. The van der Waals surface area contributed by atoms with E-state index in [0.717, 1.165) is 0 Å². The average molecular weight is 295 g/mol. The molecule has 0 aromatic carbocycles. The Labute approximate surface area is 113 Å². The van der Waals surface area contributed by atoms with E-state index in [1.54, 1.807) is 0 Å². The fourth-order valence-electron chi connectivity index (χ4n) is 1.16. The summed E-state index contributed by atoms with van der Waals surface area (Å²) < 4.78 is 0. The molecule has 0 aliphatic rings. The van der Waals surface area contributed by atoms with E-state index >= 15 is 0 Å². The van der Waals surface area contributed by atoms with Crippen molar-refractivity contribution in [2.24, 2.45) is 0 Å². The fraction of sp³-hybridized carbons (Fsp3) is 0.400. The third kappa shape index (κ3) is 3.30. The van der Waals surface area contributed by atoms with E-state index in [2.05, 4.69) is 10.3 Å². The Morgan fingerprint density at radius 1 is 1.22 bits per heavy atom. The molecule has 0 atom stereocenters. The maximum atomic E-state index is 11.9. The summed E-state index contributed by atoms with van der Waals surface area (Å²) in [6.45, 7) is -1.86. The van der Waals surface area contributed by atoms with Crippen LogP contribution in [0, 0.1) is 0 Å². The molecule has 0 saturated heterocycles. The lowest BCUT2D eigenvalue weighted by Gasteiger charge is -2.28. The van der Waals surface area contributed by atoms with Crippen LogP contribution in [0.1, 0.15) is 10.4 Å². The summed E-state index contributed by atoms with van der Waals surface area (Å²) in [4.78, 5) is 15.5. The Bertz CT molecular complexity index is 430. The summed E-state index contributed by atoms with van der Waals surface area (Å²) in [7, 11) is 0. The zero-order chi connectivity index (χ0) is 13.8. The molecule has 0 bridgehead atoms. The third-order valence-electron chi connectivity index (χ3n) is 2.35. The Morgan fingerprint density at radius 2 is 1.78 bits per heavy atom. The van der Waals surface area contributed by atoms with Gasteiger partial charge in [-0.15, -0.1) is 0 Å². The van der Waals surface area contributed by atoms with E-state index in [9.17, 15) is 4.79 Å². The lowest BCUT2D eigenvalue weighted by Crippen LogP contribution is -2.57. The molecule has 1 aromatic heterocycles. The Kier molecular flexibility index (Phi) is 5.30. The summed E-state index contributed by atoms with van der Waals surface area (Å²) >= 11 is 11.3. The van der Waals surface area contributed by atoms with Gasteiger partial charge >= 0.3 is 0 Å². The van der Waals surface area contributed by atoms with Crippen molar-refractivity contribution >= 4 is 29.1 Å². The molecule has 1 aromatic rings. The zero-order valence-electron chi connectivity index (χ0n) is 9.23. The van der Waals surface area contributed by atoms with Crippen LogP contribution in [0.15, 0.2) is 12.1 Å². The van der Waals surface area contributed by atoms with Crippen LogP contribution in [-0.4, -0.2) is 51.6 Å². The van der Waals surface area contributed by atoms with Crippen LogP contribution in [0.4, 0.5) is 0 Å². The lowest BCUT2D eigenvalue weighted by atomic mass is 10.0. The number of nitrogens with one attached hydrogen (secondary N) is 1. The number of amides is 1. The summed E-state index contributed by atoms with van der Waals surface area (Å²) in [6.07, 6.45) is 0. The van der Waals surface area contributed by atoms with E-state index in [1.807, 2.05) is 0 Å². The van der Waals surface area contributed by atoms with Gasteiger partial charge in [0.25, 0.3) is 5.91 Å². The van der Waals surface area contributed by atoms with Crippen LogP contribution >= 0.6 is 23.2 Å². The van der Waals surface area contributed by atoms with Crippen molar-refractivity contribution < 1.29 is 20.1 Å². The molecule has 4 N–H and O–H groups in total. The molecule has 100 valence electrons. The molecule has 18 heavy (non-hydrogen) atoms. The molecule has 0 aliphatic heterocycles. The smallest absolute Gasteiger partial charge is 0.255 e. The molecule has 0 aliphatic carbocycles. The van der Waals surface area contributed by atoms with Gasteiger partial charge in [0.15, 0.2) is 0 Å². The number of hydrogen-bond acceptors (Lipinski definition) is 5. The molecule has 8 heteroatoms. The average Bonchev–Trinajstić information content (AvgIpc) is 2.36. The highest BCUT2D eigenvalue weighted by molar-refractivity contribution is 6.34. The maximum absolute atomic E-state index is 11.9. The van der Waals surface area contributed by atoms with Crippen LogP contribution in [-0.2, 0) is 0 Å². The van der Waals surface area contributed by atoms with Crippen molar-refractivity contribution in [3.63, 3.8) is 0 Å². The topological polar surface area (TPSA) is 103 Å². The van der Waals surface area contributed by atoms with Crippen molar-refractivity contribution in [2.75, 3.05) is 19.8 Å². The minimum absolute atomic E-state index is 0.0285. The second-order valence-corrected chi connectivity index (χ2v) is 4.43. The molecule has 0 saturated carbocycles. The predicted octanol–water partition coefficient (Wildman–Crippen LogP) is -0.166. The van der Waals surface area contributed by atoms with E-state index in [1.165, 1.54) is 12.1 Å². The predicted molar refractivity (Wildman–Crippen MR) is 65.7 cm³/mol. The quantitative estimate of drug-likeness (QED) is 0.565. The van der Waals surface area contributed by atoms with E-state index in [4.69, 9.17) is 38.5 Å². The molecule has 0 fully saturated rings. The highest BCUT2D eigenvalue weighted by atomic mass is 35.5. The first-order valence-electron chi connectivity index (χ1n) is 4.95. The maximum Gasteiger partial charge on any atom is 0.255 e. The normalized spacial score (nSPS) is 11.4. The van der Waals surface area contributed by atoms with Gasteiger partial charge in [0, 0.05) is 0 Å². The van der Waals surface area contributed by atoms with Crippen LogP contribution in [0.25, 0.3) is 0 Å². The largest absolute Gasteiger partial charge is 0.394 e. The first-order valence-corrected chi connectivity index (χ1v) is 5.71. The van der Waals surface area contributed by atoms with Gasteiger partial charge in [0.2, 0.25) is 0 Å². The van der Waals surface area contributed by atoms with Gasteiger partial charge < -0.3 is 20.6 Å². The number of aliphatic hydroxyl groups excluding tert-OH is 3. The Hall–Kier alpha value is -0.920. The number of aliphatic hydroxyl groups is 3. The van der Waals surface area contributed by atoms with Gasteiger partial charge in [0.1, 0.15) is 15.8 Å². The van der Waals surface area contributed by atoms with Gasteiger partial charge in [-0.2, -0.15) is 0 Å². The molecule has 6 nitrogen and oxygen atoms in total. The van der Waals surface area contributed by atoms with Gasteiger partial charge in [-0.25, -0.2) is 4.98 Å². The van der Waals surface area contributed by atoms with Gasteiger partial charge in [-0.3, -0.25) is 4.79 Å². The Balaban J connectivity index is 2.94. The van der Waals surface area contributed by atoms with Crippen molar-refractivity contribution in [2.45, 2.75) is 5.54 Å². The number of halogens is 2. The summed E-state index contributed by atoms with van der Waals surface area (Å²) in [5.74, 6) is -0.679. The second-order valence-electron chi connectivity index (χ2n) is 3.68. The SMILES string of the molecule is O=C(NC(CO)(CO)CO)c1ccc(Cl)nc1Cl. The zero-order valence-corrected chi connectivity index (χ0v) is 10.7. The van der Waals surface area contributed by atoms with Crippen molar-refractivity contribution in [3.05, 3.63) is 28.0 Å². The van der Waals surface area contributed by atoms with Crippen LogP contribution in [0.5, 0.6) is 0 Å². The summed E-state index contributed by atoms with van der Waals surface area (Å²) in [5.41, 5.74) is -1.49. The summed E-state index contributed by atoms with van der Waals surface area (Å²) in [6, 6.07) is 2.73. The number of nitrogens with zero attached hydrogens (tertiary/aromatic N) is 1. The van der Waals surface area contributed by atoms with Gasteiger partial charge in [-0.1, -0.05) is 23.2 Å². The monoisotopic (exact) mass is 294 g/mol. The molecule has 1 heterocycles. The van der Waals surface area contributed by atoms with Gasteiger partial charge in [0.05, 0.1) is 25.4 Å². The second kappa shape index (κ2) is 6.31. The molecular formula is C10H12Cl2N2O4. The molecule has 0 unspecified atom stereocenters. The molecular weight excluding hydrogens is 283 g/mol. The molecule has 1 amide bonds. The summed E-state index contributed by atoms with van der Waals surface area (Å²) in [5, 5.41) is 29.6. The minimum Gasteiger partial charge on any atom is -0.394 e. The highest BCUT2D eigenvalue weighted by Gasteiger charge is 2.31. The van der Waals surface area contributed by atoms with Crippen molar-refractivity contribution in [3.8, 4) is 0 Å². The molecule has 1 rings (SSSR count). The number of hydrogen-bond donors (Lipinski definition) is 4. The van der Waals surface area contributed by atoms with Crippen LogP contribution in [0.3, 0.4) is 0 Å². The van der Waals surface area contributed by atoms with E-state index in [-0.39, 0.29) is 15.9 Å². The third-order valence-corrected chi connectivity index (χ3v) is 2.84. The number of pyridine rings is 1. The Morgan fingerprint density at radius 3 is 2.22 bits per heavy atom. The van der Waals surface area contributed by atoms with Crippen molar-refractivity contribution in [1.82, 2.24) is 10.3 Å². The highest BCUT2D eigenvalue weighted by Crippen LogP contribution is 2.17. The number of rotatable bonds is 5. The number of carbonyl (C=O) groups is 1. The first-order chi connectivity index (χ1) is 8.48. The van der Waals surface area contributed by atoms with Gasteiger partial charge in [-0.05, 0) is 12.1 Å². The van der Waals surface area contributed by atoms with E-state index in [0.29, 0.717) is 0 Å². The molecule has 0 spiro atoms. The minimum atomic E-state index is -1.51. The fourth-order valence-corrected chi connectivity index (χ4v) is 1.59. The lowest BCUT2D eigenvalue weighted by molar-refractivity contribution is 0.0375. The number of aromatic nitrogens is 1. The first kappa shape index (κ1) is 15.1.